The number of aromatic nitrogens is 1. The van der Waals surface area contributed by atoms with Gasteiger partial charge in [0, 0.05) is 42.7 Å². The number of likely N-dealkylation sites (tertiary alicyclic amines) is 1. The number of carbonyl (C=O) groups excluding carboxylic acids is 1. The van der Waals surface area contributed by atoms with Gasteiger partial charge in [0.05, 0.1) is 6.20 Å². The fourth-order valence-corrected chi connectivity index (χ4v) is 4.76. The number of hydrogen-bond donors (Lipinski definition) is 0. The van der Waals surface area contributed by atoms with Gasteiger partial charge < -0.3 is 9.80 Å². The minimum Gasteiger partial charge on any atom is -0.342 e. The van der Waals surface area contributed by atoms with E-state index in [1.807, 2.05) is 23.1 Å². The molecule has 1 saturated heterocycles. The summed E-state index contributed by atoms with van der Waals surface area (Å²) in [5.41, 5.74) is 2.25. The summed E-state index contributed by atoms with van der Waals surface area (Å²) in [6, 6.07) is 5.98. The zero-order chi connectivity index (χ0) is 16.2. The number of nitrogens with zero attached hydrogens (tertiary/aromatic N) is 3. The number of halogens is 2. The molecular formula is C16H15Cl2N3OS. The van der Waals surface area contributed by atoms with Gasteiger partial charge in [0.15, 0.2) is 5.13 Å². The average Bonchev–Trinajstić information content (AvgIpc) is 3.19. The minimum absolute atomic E-state index is 0.0793. The molecule has 2 aliphatic rings. The Morgan fingerprint density at radius 3 is 2.83 bits per heavy atom. The number of fused-ring (bicyclic) bond motifs is 2. The van der Waals surface area contributed by atoms with Gasteiger partial charge >= 0.3 is 0 Å². The maximum atomic E-state index is 11.8. The van der Waals surface area contributed by atoms with E-state index in [1.54, 1.807) is 13.1 Å². The van der Waals surface area contributed by atoms with Gasteiger partial charge in [-0.1, -0.05) is 34.5 Å². The summed E-state index contributed by atoms with van der Waals surface area (Å²) in [5.74, 6) is 0.126. The Bertz CT molecular complexity index is 793. The number of rotatable bonds is 1. The van der Waals surface area contributed by atoms with Crippen molar-refractivity contribution >= 4 is 51.3 Å². The van der Waals surface area contributed by atoms with Crippen LogP contribution in [0.3, 0.4) is 0 Å². The molecule has 1 spiro atoms. The van der Waals surface area contributed by atoms with Crippen molar-refractivity contribution in [1.82, 2.24) is 9.88 Å². The average molecular weight is 368 g/mol. The zero-order valence-corrected chi connectivity index (χ0v) is 14.9. The highest BCUT2D eigenvalue weighted by atomic mass is 35.5. The SMILES string of the molecule is CC(=O)N1CCC2(C1)CN(c1ncc(Cl)s1)c1ccc(Cl)cc12. The van der Waals surface area contributed by atoms with Crippen LogP contribution in [0, 0.1) is 0 Å². The highest BCUT2D eigenvalue weighted by Gasteiger charge is 2.48. The van der Waals surface area contributed by atoms with Gasteiger partial charge in [0.25, 0.3) is 0 Å². The van der Waals surface area contributed by atoms with Crippen molar-refractivity contribution in [2.24, 2.45) is 0 Å². The molecule has 0 radical (unpaired) electrons. The molecule has 1 aromatic heterocycles. The standard InChI is InChI=1S/C16H15Cl2N3OS/c1-10(22)20-5-4-16(8-20)9-21(15-19-7-14(18)23-15)13-3-2-11(17)6-12(13)16/h2-3,6-7H,4-5,8-9H2,1H3. The topological polar surface area (TPSA) is 36.4 Å². The first kappa shape index (κ1) is 15.2. The summed E-state index contributed by atoms with van der Waals surface area (Å²) >= 11 is 13.8. The number of carbonyl (C=O) groups is 1. The molecule has 23 heavy (non-hydrogen) atoms. The lowest BCUT2D eigenvalue weighted by Crippen LogP contribution is -2.36. The summed E-state index contributed by atoms with van der Waals surface area (Å²) in [7, 11) is 0. The molecule has 1 amide bonds. The maximum Gasteiger partial charge on any atom is 0.219 e. The molecule has 2 aliphatic heterocycles. The maximum absolute atomic E-state index is 11.8. The van der Waals surface area contributed by atoms with Crippen LogP contribution < -0.4 is 4.90 Å². The molecule has 2 aromatic rings. The largest absolute Gasteiger partial charge is 0.342 e. The first-order valence-electron chi connectivity index (χ1n) is 7.43. The van der Waals surface area contributed by atoms with Crippen molar-refractivity contribution in [2.75, 3.05) is 24.5 Å². The van der Waals surface area contributed by atoms with Crippen molar-refractivity contribution in [1.29, 1.82) is 0 Å². The van der Waals surface area contributed by atoms with Crippen LogP contribution >= 0.6 is 34.5 Å². The number of amides is 1. The second-order valence-corrected chi connectivity index (χ2v) is 8.24. The van der Waals surface area contributed by atoms with Crippen LogP contribution in [0.25, 0.3) is 0 Å². The molecule has 4 rings (SSSR count). The van der Waals surface area contributed by atoms with Crippen molar-refractivity contribution in [3.63, 3.8) is 0 Å². The number of thiazole rings is 1. The minimum atomic E-state index is -0.0793. The summed E-state index contributed by atoms with van der Waals surface area (Å²) < 4.78 is 0.674. The van der Waals surface area contributed by atoms with Crippen LogP contribution in [0.4, 0.5) is 10.8 Å². The van der Waals surface area contributed by atoms with Crippen LogP contribution in [0.15, 0.2) is 24.4 Å². The molecule has 3 heterocycles. The van der Waals surface area contributed by atoms with Crippen LogP contribution in [-0.2, 0) is 10.2 Å². The van der Waals surface area contributed by atoms with Gasteiger partial charge in [-0.2, -0.15) is 0 Å². The molecule has 1 aromatic carbocycles. The summed E-state index contributed by atoms with van der Waals surface area (Å²) in [6.07, 6.45) is 2.62. The van der Waals surface area contributed by atoms with E-state index < -0.39 is 0 Å². The Hall–Kier alpha value is -1.30. The fourth-order valence-electron chi connectivity index (χ4n) is 3.67. The molecule has 0 saturated carbocycles. The molecule has 120 valence electrons. The van der Waals surface area contributed by atoms with E-state index in [-0.39, 0.29) is 11.3 Å². The Morgan fingerprint density at radius 2 is 2.17 bits per heavy atom. The third-order valence-electron chi connectivity index (χ3n) is 4.78. The normalized spacial score (nSPS) is 22.9. The van der Waals surface area contributed by atoms with Crippen molar-refractivity contribution in [3.05, 3.63) is 39.3 Å². The molecule has 1 atom stereocenters. The number of hydrogen-bond acceptors (Lipinski definition) is 4. The molecule has 0 N–H and O–H groups in total. The number of anilines is 2. The van der Waals surface area contributed by atoms with Crippen LogP contribution in [-0.4, -0.2) is 35.4 Å². The third-order valence-corrected chi connectivity index (χ3v) is 6.15. The quantitative estimate of drug-likeness (QED) is 0.761. The predicted octanol–water partition coefficient (Wildman–Crippen LogP) is 4.09. The van der Waals surface area contributed by atoms with Crippen LogP contribution in [0.1, 0.15) is 18.9 Å². The van der Waals surface area contributed by atoms with Gasteiger partial charge in [-0.05, 0) is 30.2 Å². The smallest absolute Gasteiger partial charge is 0.219 e. The highest BCUT2D eigenvalue weighted by Crippen LogP contribution is 2.50. The summed E-state index contributed by atoms with van der Waals surface area (Å²) in [6.45, 7) is 3.94. The lowest BCUT2D eigenvalue weighted by molar-refractivity contribution is -0.127. The molecule has 7 heteroatoms. The van der Waals surface area contributed by atoms with E-state index in [9.17, 15) is 4.79 Å². The lowest BCUT2D eigenvalue weighted by Gasteiger charge is -2.25. The zero-order valence-electron chi connectivity index (χ0n) is 12.6. The molecule has 4 nitrogen and oxygen atoms in total. The van der Waals surface area contributed by atoms with Crippen LogP contribution in [0.5, 0.6) is 0 Å². The molecule has 1 fully saturated rings. The molecular weight excluding hydrogens is 353 g/mol. The predicted molar refractivity (Wildman–Crippen MR) is 94.1 cm³/mol. The first-order valence-corrected chi connectivity index (χ1v) is 9.00. The summed E-state index contributed by atoms with van der Waals surface area (Å²) in [4.78, 5) is 20.3. The Morgan fingerprint density at radius 1 is 1.35 bits per heavy atom. The van der Waals surface area contributed by atoms with Gasteiger partial charge in [-0.3, -0.25) is 4.79 Å². The lowest BCUT2D eigenvalue weighted by atomic mass is 9.81. The van der Waals surface area contributed by atoms with Gasteiger partial charge in [-0.15, -0.1) is 0 Å². The van der Waals surface area contributed by atoms with E-state index >= 15 is 0 Å². The second kappa shape index (κ2) is 5.36. The van der Waals surface area contributed by atoms with E-state index in [4.69, 9.17) is 23.2 Å². The van der Waals surface area contributed by atoms with Crippen molar-refractivity contribution in [2.45, 2.75) is 18.8 Å². The Kier molecular flexibility index (Phi) is 3.55. The van der Waals surface area contributed by atoms with E-state index in [0.29, 0.717) is 4.34 Å². The van der Waals surface area contributed by atoms with E-state index in [1.165, 1.54) is 16.9 Å². The third kappa shape index (κ3) is 2.42. The Labute approximate surface area is 148 Å². The van der Waals surface area contributed by atoms with Gasteiger partial charge in [0.1, 0.15) is 4.34 Å². The van der Waals surface area contributed by atoms with Crippen LogP contribution in [0.2, 0.25) is 9.36 Å². The van der Waals surface area contributed by atoms with Crippen molar-refractivity contribution in [3.8, 4) is 0 Å². The van der Waals surface area contributed by atoms with E-state index in [2.05, 4.69) is 9.88 Å². The molecule has 0 aliphatic carbocycles. The fraction of sp³-hybridized carbons (Fsp3) is 0.375. The second-order valence-electron chi connectivity index (χ2n) is 6.17. The first-order chi connectivity index (χ1) is 11.0. The molecule has 0 bridgehead atoms. The van der Waals surface area contributed by atoms with Gasteiger partial charge in [0.2, 0.25) is 5.91 Å². The monoisotopic (exact) mass is 367 g/mol. The molecule has 1 unspecified atom stereocenters. The summed E-state index contributed by atoms with van der Waals surface area (Å²) in [5, 5.41) is 1.61. The Balaban J connectivity index is 1.79. The van der Waals surface area contributed by atoms with Gasteiger partial charge in [-0.25, -0.2) is 4.98 Å². The number of benzene rings is 1. The van der Waals surface area contributed by atoms with E-state index in [0.717, 1.165) is 41.9 Å². The highest BCUT2D eigenvalue weighted by molar-refractivity contribution is 7.19. The van der Waals surface area contributed by atoms with Crippen molar-refractivity contribution < 1.29 is 4.79 Å².